The number of hydrogen-bond acceptors (Lipinski definition) is 2. The van der Waals surface area contributed by atoms with Crippen LogP contribution in [0, 0.1) is 11.7 Å². The van der Waals surface area contributed by atoms with Gasteiger partial charge >= 0.3 is 0 Å². The van der Waals surface area contributed by atoms with Gasteiger partial charge in [0.2, 0.25) is 5.91 Å². The largest absolute Gasteiger partial charge is 0.294 e. The Labute approximate surface area is 95.4 Å². The van der Waals surface area contributed by atoms with Gasteiger partial charge in [-0.3, -0.25) is 9.69 Å². The third-order valence-electron chi connectivity index (χ3n) is 2.42. The molecule has 1 amide bonds. The highest BCUT2D eigenvalue weighted by molar-refractivity contribution is 9.09. The average molecular weight is 273 g/mol. The molecule has 0 aromatic carbocycles. The predicted octanol–water partition coefficient (Wildman–Crippen LogP) is 1.97. The maximum absolute atomic E-state index is 13.4. The van der Waals surface area contributed by atoms with Crippen molar-refractivity contribution in [2.45, 2.75) is 6.42 Å². The molecule has 1 aromatic rings. The lowest BCUT2D eigenvalue weighted by molar-refractivity contribution is -0.117. The fraction of sp³-hybridized carbons (Fsp3) is 0.400. The smallest absolute Gasteiger partial charge is 0.228 e. The molecule has 1 aromatic heterocycles. The van der Waals surface area contributed by atoms with E-state index in [1.807, 2.05) is 0 Å². The van der Waals surface area contributed by atoms with E-state index in [1.54, 1.807) is 0 Å². The van der Waals surface area contributed by atoms with Crippen molar-refractivity contribution < 1.29 is 9.18 Å². The Morgan fingerprint density at radius 1 is 1.67 bits per heavy atom. The van der Waals surface area contributed by atoms with Gasteiger partial charge in [-0.25, -0.2) is 9.37 Å². The third kappa shape index (κ3) is 2.02. The standard InChI is InChI=1S/C10H10BrFN2O/c11-5-7-4-9(15)14(6-7)10-8(12)2-1-3-13-10/h1-3,7H,4-6H2. The van der Waals surface area contributed by atoms with E-state index in [9.17, 15) is 9.18 Å². The highest BCUT2D eigenvalue weighted by Crippen LogP contribution is 2.26. The molecule has 1 aliphatic heterocycles. The Morgan fingerprint density at radius 3 is 3.07 bits per heavy atom. The zero-order valence-electron chi connectivity index (χ0n) is 7.99. The molecule has 0 saturated carbocycles. The van der Waals surface area contributed by atoms with Crippen LogP contribution in [0.5, 0.6) is 0 Å². The van der Waals surface area contributed by atoms with Crippen LogP contribution in [0.3, 0.4) is 0 Å². The van der Waals surface area contributed by atoms with Crippen molar-refractivity contribution in [1.29, 1.82) is 0 Å². The number of pyridine rings is 1. The molecule has 0 bridgehead atoms. The van der Waals surface area contributed by atoms with Crippen LogP contribution in [0.15, 0.2) is 18.3 Å². The van der Waals surface area contributed by atoms with Gasteiger partial charge in [0, 0.05) is 24.5 Å². The van der Waals surface area contributed by atoms with E-state index in [1.165, 1.54) is 23.2 Å². The van der Waals surface area contributed by atoms with Crippen molar-refractivity contribution in [2.75, 3.05) is 16.8 Å². The fourth-order valence-corrected chi connectivity index (χ4v) is 2.10. The summed E-state index contributed by atoms with van der Waals surface area (Å²) >= 11 is 3.33. The van der Waals surface area contributed by atoms with Crippen LogP contribution in [0.25, 0.3) is 0 Å². The monoisotopic (exact) mass is 272 g/mol. The van der Waals surface area contributed by atoms with Gasteiger partial charge in [-0.2, -0.15) is 0 Å². The minimum absolute atomic E-state index is 0.0583. The van der Waals surface area contributed by atoms with Crippen molar-refractivity contribution in [3.8, 4) is 0 Å². The maximum atomic E-state index is 13.4. The topological polar surface area (TPSA) is 33.2 Å². The zero-order valence-corrected chi connectivity index (χ0v) is 9.58. The van der Waals surface area contributed by atoms with Gasteiger partial charge in [0.15, 0.2) is 11.6 Å². The molecule has 1 saturated heterocycles. The molecule has 80 valence electrons. The quantitative estimate of drug-likeness (QED) is 0.772. The summed E-state index contributed by atoms with van der Waals surface area (Å²) in [5.41, 5.74) is 0. The van der Waals surface area contributed by atoms with E-state index in [2.05, 4.69) is 20.9 Å². The molecule has 1 unspecified atom stereocenters. The van der Waals surface area contributed by atoms with Crippen LogP contribution in [-0.4, -0.2) is 22.8 Å². The Hall–Kier alpha value is -0.970. The number of carbonyl (C=O) groups is 1. The summed E-state index contributed by atoms with van der Waals surface area (Å²) in [5.74, 6) is -0.108. The van der Waals surface area contributed by atoms with Gasteiger partial charge in [0.05, 0.1) is 0 Å². The molecular weight excluding hydrogens is 263 g/mol. The van der Waals surface area contributed by atoms with Crippen LogP contribution in [0.4, 0.5) is 10.2 Å². The molecule has 0 aliphatic carbocycles. The fourth-order valence-electron chi connectivity index (χ4n) is 1.67. The number of aromatic nitrogens is 1. The van der Waals surface area contributed by atoms with Gasteiger partial charge in [0.25, 0.3) is 0 Å². The predicted molar refractivity (Wildman–Crippen MR) is 58.4 cm³/mol. The summed E-state index contributed by atoms with van der Waals surface area (Å²) < 4.78 is 13.4. The zero-order chi connectivity index (χ0) is 10.8. The van der Waals surface area contributed by atoms with E-state index in [4.69, 9.17) is 0 Å². The first kappa shape index (κ1) is 10.5. The number of rotatable bonds is 2. The molecule has 15 heavy (non-hydrogen) atoms. The Morgan fingerprint density at radius 2 is 2.47 bits per heavy atom. The number of amides is 1. The SMILES string of the molecule is O=C1CC(CBr)CN1c1ncccc1F. The molecule has 0 radical (unpaired) electrons. The van der Waals surface area contributed by atoms with E-state index in [-0.39, 0.29) is 17.6 Å². The highest BCUT2D eigenvalue weighted by atomic mass is 79.9. The number of hydrogen-bond donors (Lipinski definition) is 0. The second kappa shape index (κ2) is 4.26. The summed E-state index contributed by atoms with van der Waals surface area (Å²) in [6.45, 7) is 0.540. The first-order chi connectivity index (χ1) is 7.22. The van der Waals surface area contributed by atoms with Crippen LogP contribution >= 0.6 is 15.9 Å². The molecular formula is C10H10BrFN2O. The van der Waals surface area contributed by atoms with Gasteiger partial charge in [-0.05, 0) is 18.1 Å². The minimum Gasteiger partial charge on any atom is -0.294 e. The van der Waals surface area contributed by atoms with Crippen LogP contribution in [0.1, 0.15) is 6.42 Å². The highest BCUT2D eigenvalue weighted by Gasteiger charge is 2.31. The molecule has 3 nitrogen and oxygen atoms in total. The number of anilines is 1. The average Bonchev–Trinajstić information content (AvgIpc) is 2.60. The molecule has 0 spiro atoms. The van der Waals surface area contributed by atoms with Crippen molar-refractivity contribution in [3.05, 3.63) is 24.1 Å². The molecule has 1 atom stereocenters. The lowest BCUT2D eigenvalue weighted by Crippen LogP contribution is -2.26. The van der Waals surface area contributed by atoms with Gasteiger partial charge in [0.1, 0.15) is 0 Å². The lowest BCUT2D eigenvalue weighted by Gasteiger charge is -2.15. The normalized spacial score (nSPS) is 21.1. The Balaban J connectivity index is 2.25. The van der Waals surface area contributed by atoms with Crippen molar-refractivity contribution in [1.82, 2.24) is 4.98 Å². The maximum Gasteiger partial charge on any atom is 0.228 e. The number of nitrogens with zero attached hydrogens (tertiary/aromatic N) is 2. The molecule has 5 heteroatoms. The van der Waals surface area contributed by atoms with Gasteiger partial charge in [-0.15, -0.1) is 0 Å². The summed E-state index contributed by atoms with van der Waals surface area (Å²) in [6, 6.07) is 2.83. The number of halogens is 2. The van der Waals surface area contributed by atoms with Crippen LogP contribution in [-0.2, 0) is 4.79 Å². The Bertz CT molecular complexity index is 385. The molecule has 2 heterocycles. The summed E-state index contributed by atoms with van der Waals surface area (Å²) in [7, 11) is 0. The van der Waals surface area contributed by atoms with E-state index in [0.717, 1.165) is 5.33 Å². The Kier molecular flexibility index (Phi) is 3.00. The molecule has 2 rings (SSSR count). The number of carbonyl (C=O) groups excluding carboxylic acids is 1. The molecule has 1 fully saturated rings. The first-order valence-electron chi connectivity index (χ1n) is 4.69. The molecule has 0 N–H and O–H groups in total. The lowest BCUT2D eigenvalue weighted by atomic mass is 10.2. The van der Waals surface area contributed by atoms with E-state index in [0.29, 0.717) is 13.0 Å². The van der Waals surface area contributed by atoms with Gasteiger partial charge in [-0.1, -0.05) is 15.9 Å². The summed E-state index contributed by atoms with van der Waals surface area (Å²) in [5, 5.41) is 0.754. The van der Waals surface area contributed by atoms with Crippen LogP contribution < -0.4 is 4.90 Å². The van der Waals surface area contributed by atoms with Crippen LogP contribution in [0.2, 0.25) is 0 Å². The summed E-state index contributed by atoms with van der Waals surface area (Å²) in [4.78, 5) is 16.9. The van der Waals surface area contributed by atoms with E-state index < -0.39 is 5.82 Å². The second-order valence-corrected chi connectivity index (χ2v) is 4.19. The van der Waals surface area contributed by atoms with Gasteiger partial charge < -0.3 is 0 Å². The van der Waals surface area contributed by atoms with E-state index >= 15 is 0 Å². The minimum atomic E-state index is -0.443. The van der Waals surface area contributed by atoms with Crippen molar-refractivity contribution >= 4 is 27.7 Å². The molecule has 1 aliphatic rings. The van der Waals surface area contributed by atoms with Crippen molar-refractivity contribution in [2.24, 2.45) is 5.92 Å². The third-order valence-corrected chi connectivity index (χ3v) is 3.33. The summed E-state index contributed by atoms with van der Waals surface area (Å²) in [6.07, 6.45) is 1.95. The number of alkyl halides is 1. The van der Waals surface area contributed by atoms with Crippen molar-refractivity contribution in [3.63, 3.8) is 0 Å². The first-order valence-corrected chi connectivity index (χ1v) is 5.81. The second-order valence-electron chi connectivity index (χ2n) is 3.54.